The van der Waals surface area contributed by atoms with Gasteiger partial charge in [0.25, 0.3) is 0 Å². The molecule has 0 unspecified atom stereocenters. The normalized spacial score (nSPS) is 23.6. The lowest BCUT2D eigenvalue weighted by molar-refractivity contribution is 0.219. The number of likely N-dealkylation sites (tertiary alicyclic amines) is 1. The molecule has 0 spiro atoms. The Hall–Kier alpha value is -1.26. The maximum atomic E-state index is 4.95. The molecule has 3 nitrogen and oxygen atoms in total. The number of aromatic nitrogens is 1. The summed E-state index contributed by atoms with van der Waals surface area (Å²) in [7, 11) is 2.23. The molecule has 0 bridgehead atoms. The summed E-state index contributed by atoms with van der Waals surface area (Å²) in [4.78, 5) is 12.2. The molecule has 0 N–H and O–H groups in total. The van der Waals surface area contributed by atoms with Crippen LogP contribution in [0.4, 0.5) is 0 Å². The molecule has 3 heterocycles. The molecule has 1 aromatic heterocycles. The molecule has 0 amide bonds. The van der Waals surface area contributed by atoms with Crippen LogP contribution in [0.25, 0.3) is 10.2 Å². The topological polar surface area (TPSA) is 28.5 Å². The molecule has 4 heteroatoms. The molecule has 2 aliphatic heterocycles. The second-order valence-electron chi connectivity index (χ2n) is 7.67. The van der Waals surface area contributed by atoms with Crippen molar-refractivity contribution in [3.05, 3.63) is 28.8 Å². The summed E-state index contributed by atoms with van der Waals surface area (Å²) in [5.74, 6) is 1.54. The van der Waals surface area contributed by atoms with Crippen molar-refractivity contribution < 1.29 is 0 Å². The smallest absolute Gasteiger partial charge is 0.0941 e. The summed E-state index contributed by atoms with van der Waals surface area (Å²) in [6.07, 6.45) is 6.15. The molecule has 4 rings (SSSR count). The van der Waals surface area contributed by atoms with E-state index in [-0.39, 0.29) is 0 Å². The summed E-state index contributed by atoms with van der Waals surface area (Å²) in [6, 6.07) is 6.76. The van der Waals surface area contributed by atoms with Crippen LogP contribution in [0.5, 0.6) is 0 Å². The van der Waals surface area contributed by atoms with Crippen molar-refractivity contribution in [1.82, 2.24) is 9.88 Å². The van der Waals surface area contributed by atoms with E-state index in [1.165, 1.54) is 58.9 Å². The van der Waals surface area contributed by atoms with Gasteiger partial charge in [-0.2, -0.15) is 0 Å². The number of aliphatic imine (C=N–C) groups is 1. The Morgan fingerprint density at radius 2 is 2.04 bits per heavy atom. The van der Waals surface area contributed by atoms with Crippen molar-refractivity contribution in [2.75, 3.05) is 26.7 Å². The van der Waals surface area contributed by atoms with E-state index in [1.807, 2.05) is 11.3 Å². The Morgan fingerprint density at radius 1 is 1.21 bits per heavy atom. The number of rotatable bonds is 3. The minimum Gasteiger partial charge on any atom is -0.306 e. The van der Waals surface area contributed by atoms with E-state index in [1.54, 1.807) is 0 Å². The summed E-state index contributed by atoms with van der Waals surface area (Å²) in [5, 5.41) is 1.32. The quantitative estimate of drug-likeness (QED) is 0.828. The predicted molar refractivity (Wildman–Crippen MR) is 103 cm³/mol. The van der Waals surface area contributed by atoms with Crippen molar-refractivity contribution in [3.63, 3.8) is 0 Å². The van der Waals surface area contributed by atoms with E-state index in [2.05, 4.69) is 37.1 Å². The van der Waals surface area contributed by atoms with Gasteiger partial charge in [0.2, 0.25) is 0 Å². The highest BCUT2D eigenvalue weighted by atomic mass is 32.1. The Labute approximate surface area is 148 Å². The molecule has 0 saturated carbocycles. The van der Waals surface area contributed by atoms with Crippen molar-refractivity contribution in [2.24, 2.45) is 16.8 Å². The van der Waals surface area contributed by atoms with Crippen LogP contribution in [0.1, 0.15) is 43.2 Å². The van der Waals surface area contributed by atoms with E-state index in [0.29, 0.717) is 0 Å². The molecule has 1 fully saturated rings. The molecule has 1 atom stereocenters. The first kappa shape index (κ1) is 16.2. The van der Waals surface area contributed by atoms with Crippen molar-refractivity contribution in [2.45, 2.75) is 39.0 Å². The molecular formula is C20H27N3S. The number of nitrogens with zero attached hydrogens (tertiary/aromatic N) is 3. The van der Waals surface area contributed by atoms with Gasteiger partial charge in [0.15, 0.2) is 0 Å². The lowest BCUT2D eigenvalue weighted by Gasteiger charge is -2.28. The second-order valence-corrected chi connectivity index (χ2v) is 8.79. The van der Waals surface area contributed by atoms with Crippen LogP contribution < -0.4 is 0 Å². The number of piperidine rings is 1. The first-order valence-electron chi connectivity index (χ1n) is 9.29. The summed E-state index contributed by atoms with van der Waals surface area (Å²) in [5.41, 5.74) is 3.73. The highest BCUT2D eigenvalue weighted by Gasteiger charge is 2.19. The molecule has 2 aromatic rings. The molecule has 1 saturated heterocycles. The Kier molecular flexibility index (Phi) is 4.68. The van der Waals surface area contributed by atoms with Crippen LogP contribution in [0.3, 0.4) is 0 Å². The lowest BCUT2D eigenvalue weighted by Crippen LogP contribution is -2.30. The van der Waals surface area contributed by atoms with E-state index < -0.39 is 0 Å². The van der Waals surface area contributed by atoms with Gasteiger partial charge in [-0.1, -0.05) is 13.0 Å². The summed E-state index contributed by atoms with van der Waals surface area (Å²) in [6.45, 7) is 5.74. The van der Waals surface area contributed by atoms with E-state index in [0.717, 1.165) is 31.2 Å². The Balaban J connectivity index is 1.51. The minimum atomic E-state index is 0.734. The van der Waals surface area contributed by atoms with E-state index in [4.69, 9.17) is 9.98 Å². The Bertz CT molecular complexity index is 740. The van der Waals surface area contributed by atoms with Gasteiger partial charge in [0.05, 0.1) is 15.2 Å². The fourth-order valence-corrected chi connectivity index (χ4v) is 4.87. The molecule has 24 heavy (non-hydrogen) atoms. The van der Waals surface area contributed by atoms with E-state index >= 15 is 0 Å². The molecular weight excluding hydrogens is 314 g/mol. The van der Waals surface area contributed by atoms with Crippen LogP contribution >= 0.6 is 11.3 Å². The second kappa shape index (κ2) is 6.93. The maximum absolute atomic E-state index is 4.95. The third kappa shape index (κ3) is 3.55. The molecule has 0 radical (unpaired) electrons. The van der Waals surface area contributed by atoms with Crippen LogP contribution in [0, 0.1) is 11.8 Å². The average molecular weight is 342 g/mol. The fourth-order valence-electron chi connectivity index (χ4n) is 3.81. The SMILES string of the molecule is C[C@H]1CCC(c2ccc3sc(CC4CCN(C)CC4)nc3c2)=NC1. The zero-order chi connectivity index (χ0) is 16.5. The summed E-state index contributed by atoms with van der Waals surface area (Å²) < 4.78 is 1.33. The third-order valence-electron chi connectivity index (χ3n) is 5.53. The van der Waals surface area contributed by atoms with Gasteiger partial charge >= 0.3 is 0 Å². The van der Waals surface area contributed by atoms with Crippen molar-refractivity contribution in [1.29, 1.82) is 0 Å². The maximum Gasteiger partial charge on any atom is 0.0941 e. The zero-order valence-electron chi connectivity index (χ0n) is 14.8. The monoisotopic (exact) mass is 341 g/mol. The van der Waals surface area contributed by atoms with Gasteiger partial charge in [-0.15, -0.1) is 11.3 Å². The van der Waals surface area contributed by atoms with Crippen LogP contribution in [-0.4, -0.2) is 42.3 Å². The van der Waals surface area contributed by atoms with Crippen molar-refractivity contribution >= 4 is 27.3 Å². The molecule has 2 aliphatic rings. The lowest BCUT2D eigenvalue weighted by atomic mass is 9.94. The number of fused-ring (bicyclic) bond motifs is 1. The van der Waals surface area contributed by atoms with Gasteiger partial charge in [-0.05, 0) is 75.4 Å². The van der Waals surface area contributed by atoms with E-state index in [9.17, 15) is 0 Å². The zero-order valence-corrected chi connectivity index (χ0v) is 15.6. The highest BCUT2D eigenvalue weighted by molar-refractivity contribution is 7.18. The van der Waals surface area contributed by atoms with Gasteiger partial charge < -0.3 is 4.90 Å². The van der Waals surface area contributed by atoms with Crippen molar-refractivity contribution in [3.8, 4) is 0 Å². The first-order chi connectivity index (χ1) is 11.7. The first-order valence-corrected chi connectivity index (χ1v) is 10.1. The molecule has 1 aromatic carbocycles. The number of hydrogen-bond donors (Lipinski definition) is 0. The molecule has 128 valence electrons. The van der Waals surface area contributed by atoms with Gasteiger partial charge in [-0.25, -0.2) is 4.98 Å². The number of hydrogen-bond acceptors (Lipinski definition) is 4. The average Bonchev–Trinajstić information content (AvgIpc) is 2.99. The third-order valence-corrected chi connectivity index (χ3v) is 6.59. The van der Waals surface area contributed by atoms with Gasteiger partial charge in [0.1, 0.15) is 0 Å². The minimum absolute atomic E-state index is 0.734. The van der Waals surface area contributed by atoms with Gasteiger partial charge in [-0.3, -0.25) is 4.99 Å². The Morgan fingerprint density at radius 3 is 2.79 bits per heavy atom. The largest absolute Gasteiger partial charge is 0.306 e. The van der Waals surface area contributed by atoms with Crippen LogP contribution in [-0.2, 0) is 6.42 Å². The van der Waals surface area contributed by atoms with Gasteiger partial charge in [0, 0.05) is 18.7 Å². The number of thiazole rings is 1. The molecule has 0 aliphatic carbocycles. The standard InChI is InChI=1S/C20H27N3S/c1-14-3-5-17(21-13-14)16-4-6-19-18(12-16)22-20(24-19)11-15-7-9-23(2)10-8-15/h4,6,12,14-15H,3,5,7-11,13H2,1-2H3/t14-/m0/s1. The van der Waals surface area contributed by atoms with Crippen LogP contribution in [0.2, 0.25) is 0 Å². The fraction of sp³-hybridized carbons (Fsp3) is 0.600. The number of benzene rings is 1. The highest BCUT2D eigenvalue weighted by Crippen LogP contribution is 2.29. The predicted octanol–water partition coefficient (Wildman–Crippen LogP) is 4.40. The van der Waals surface area contributed by atoms with Crippen LogP contribution in [0.15, 0.2) is 23.2 Å². The summed E-state index contributed by atoms with van der Waals surface area (Å²) >= 11 is 1.88.